The molecule has 0 spiro atoms. The third kappa shape index (κ3) is 7.38. The van der Waals surface area contributed by atoms with Crippen molar-refractivity contribution in [3.05, 3.63) is 36.6 Å². The lowest BCUT2D eigenvalue weighted by atomic mass is 10.3. The molecule has 13 heavy (non-hydrogen) atoms. The lowest BCUT2D eigenvalue weighted by Gasteiger charge is -2.05. The maximum absolute atomic E-state index is 3.65. The molecule has 1 N–H and O–H groups in total. The van der Waals surface area contributed by atoms with Gasteiger partial charge in [0.2, 0.25) is 0 Å². The molecule has 74 valence electrons. The fraction of sp³-hybridized carbons (Fsp3) is 0.500. The number of rotatable bonds is 7. The van der Waals surface area contributed by atoms with Crippen molar-refractivity contribution >= 4 is 0 Å². The van der Waals surface area contributed by atoms with Gasteiger partial charge in [-0.1, -0.05) is 45.1 Å². The van der Waals surface area contributed by atoms with Gasteiger partial charge >= 0.3 is 0 Å². The van der Waals surface area contributed by atoms with Gasteiger partial charge in [-0.25, -0.2) is 0 Å². The Bertz CT molecular complexity index is 178. The summed E-state index contributed by atoms with van der Waals surface area (Å²) in [5.41, 5.74) is 1.20. The summed E-state index contributed by atoms with van der Waals surface area (Å²) in [5.74, 6) is 0. The highest BCUT2D eigenvalue weighted by molar-refractivity contribution is 5.19. The van der Waals surface area contributed by atoms with E-state index in [4.69, 9.17) is 0 Å². The summed E-state index contributed by atoms with van der Waals surface area (Å²) < 4.78 is 0. The monoisotopic (exact) mass is 179 g/mol. The molecule has 0 aromatic rings. The first-order valence-corrected chi connectivity index (χ1v) is 5.08. The smallest absolute Gasteiger partial charge is 0.0299 e. The predicted octanol–water partition coefficient (Wildman–Crippen LogP) is 3.41. The van der Waals surface area contributed by atoms with Gasteiger partial charge in [0, 0.05) is 12.2 Å². The van der Waals surface area contributed by atoms with E-state index in [2.05, 4.69) is 37.9 Å². The van der Waals surface area contributed by atoms with Gasteiger partial charge in [0.05, 0.1) is 0 Å². The van der Waals surface area contributed by atoms with Crippen molar-refractivity contribution in [1.29, 1.82) is 0 Å². The van der Waals surface area contributed by atoms with Gasteiger partial charge in [-0.15, -0.1) is 0 Å². The quantitative estimate of drug-likeness (QED) is 0.466. The molecular formula is C12H21N. The number of unbranched alkanes of at least 4 members (excludes halogenated alkanes) is 1. The molecule has 0 saturated carbocycles. The Labute approximate surface area is 82.2 Å². The molecule has 0 aliphatic rings. The van der Waals surface area contributed by atoms with E-state index in [1.807, 2.05) is 6.08 Å². The zero-order valence-electron chi connectivity index (χ0n) is 8.84. The number of allylic oxidation sites excluding steroid dienone is 4. The van der Waals surface area contributed by atoms with Gasteiger partial charge in [-0.2, -0.15) is 0 Å². The number of nitrogens with one attached hydrogen (secondary N) is 1. The molecule has 0 aromatic heterocycles. The molecule has 0 heterocycles. The van der Waals surface area contributed by atoms with Crippen LogP contribution in [0.2, 0.25) is 0 Å². The van der Waals surface area contributed by atoms with Crippen LogP contribution in [0.15, 0.2) is 36.6 Å². The summed E-state index contributed by atoms with van der Waals surface area (Å²) >= 11 is 0. The fourth-order valence-corrected chi connectivity index (χ4v) is 1.00. The summed E-state index contributed by atoms with van der Waals surface area (Å²) in [6, 6.07) is 0. The van der Waals surface area contributed by atoms with E-state index >= 15 is 0 Å². The van der Waals surface area contributed by atoms with E-state index < -0.39 is 0 Å². The minimum absolute atomic E-state index is 1.06. The molecule has 1 nitrogen and oxygen atoms in total. The maximum atomic E-state index is 3.65. The Morgan fingerprint density at radius 3 is 2.69 bits per heavy atom. The third-order valence-corrected chi connectivity index (χ3v) is 1.70. The van der Waals surface area contributed by atoms with Crippen molar-refractivity contribution in [3.63, 3.8) is 0 Å². The van der Waals surface area contributed by atoms with Crippen LogP contribution in [0, 0.1) is 0 Å². The Morgan fingerprint density at radius 2 is 2.15 bits per heavy atom. The van der Waals surface area contributed by atoms with Crippen molar-refractivity contribution in [2.24, 2.45) is 0 Å². The van der Waals surface area contributed by atoms with E-state index in [1.165, 1.54) is 18.5 Å². The third-order valence-electron chi connectivity index (χ3n) is 1.70. The predicted molar refractivity (Wildman–Crippen MR) is 60.6 cm³/mol. The molecule has 0 saturated heterocycles. The maximum Gasteiger partial charge on any atom is 0.0299 e. The molecule has 0 radical (unpaired) electrons. The van der Waals surface area contributed by atoms with Crippen molar-refractivity contribution in [1.82, 2.24) is 5.32 Å². The summed E-state index contributed by atoms with van der Waals surface area (Å²) in [6.45, 7) is 9.05. The molecule has 0 bridgehead atoms. The molecule has 0 unspecified atom stereocenters. The minimum Gasteiger partial charge on any atom is -0.385 e. The van der Waals surface area contributed by atoms with Crippen LogP contribution >= 0.6 is 0 Å². The first kappa shape index (κ1) is 12.0. The van der Waals surface area contributed by atoms with Crippen LogP contribution in [0.25, 0.3) is 0 Å². The van der Waals surface area contributed by atoms with Crippen LogP contribution in [-0.4, -0.2) is 6.54 Å². The van der Waals surface area contributed by atoms with E-state index in [0.29, 0.717) is 0 Å². The molecule has 0 fully saturated rings. The second-order valence-corrected chi connectivity index (χ2v) is 2.94. The van der Waals surface area contributed by atoms with Crippen molar-refractivity contribution in [3.8, 4) is 0 Å². The highest BCUT2D eigenvalue weighted by Crippen LogP contribution is 1.96. The number of hydrogen-bond acceptors (Lipinski definition) is 1. The molecule has 0 aliphatic carbocycles. The van der Waals surface area contributed by atoms with E-state index in [0.717, 1.165) is 13.0 Å². The summed E-state index contributed by atoms with van der Waals surface area (Å²) in [5, 5.41) is 3.38. The van der Waals surface area contributed by atoms with Gasteiger partial charge in [0.25, 0.3) is 0 Å². The Balaban J connectivity index is 3.88. The molecule has 1 heteroatoms. The van der Waals surface area contributed by atoms with Gasteiger partial charge in [-0.05, 0) is 18.9 Å². The summed E-state index contributed by atoms with van der Waals surface area (Å²) in [6.07, 6.45) is 11.5. The molecule has 0 aromatic carbocycles. The Hall–Kier alpha value is -0.980. The van der Waals surface area contributed by atoms with Crippen molar-refractivity contribution < 1.29 is 0 Å². The first-order valence-electron chi connectivity index (χ1n) is 5.08. The molecule has 0 aliphatic heterocycles. The molecule has 0 rings (SSSR count). The Morgan fingerprint density at radius 1 is 1.38 bits per heavy atom. The first-order chi connectivity index (χ1) is 6.35. The fourth-order valence-electron chi connectivity index (χ4n) is 1.00. The lowest BCUT2D eigenvalue weighted by Crippen LogP contribution is -2.12. The minimum atomic E-state index is 1.06. The van der Waals surface area contributed by atoms with Gasteiger partial charge in [0.15, 0.2) is 0 Å². The van der Waals surface area contributed by atoms with Crippen LogP contribution in [-0.2, 0) is 0 Å². The SMILES string of the molecule is C=C/C=C\C(=C/CC)NCCCC. The van der Waals surface area contributed by atoms with Crippen LogP contribution in [0.4, 0.5) is 0 Å². The lowest BCUT2D eigenvalue weighted by molar-refractivity contribution is 0.717. The standard InChI is InChI=1S/C12H21N/c1-4-7-10-12(9-6-3)13-11-8-5-2/h4,7,9-10,13H,1,5-6,8,11H2,2-3H3/b10-7-,12-9+. The number of hydrogen-bond donors (Lipinski definition) is 1. The zero-order valence-corrected chi connectivity index (χ0v) is 8.84. The highest BCUT2D eigenvalue weighted by Gasteiger charge is 1.88. The Kier molecular flexibility index (Phi) is 8.42. The normalized spacial score (nSPS) is 12.0. The van der Waals surface area contributed by atoms with Crippen molar-refractivity contribution in [2.45, 2.75) is 33.1 Å². The van der Waals surface area contributed by atoms with Crippen LogP contribution in [0.1, 0.15) is 33.1 Å². The molecule has 0 atom stereocenters. The van der Waals surface area contributed by atoms with Gasteiger partial charge in [0.1, 0.15) is 0 Å². The second kappa shape index (κ2) is 9.11. The second-order valence-electron chi connectivity index (χ2n) is 2.94. The van der Waals surface area contributed by atoms with Crippen molar-refractivity contribution in [2.75, 3.05) is 6.54 Å². The van der Waals surface area contributed by atoms with E-state index in [9.17, 15) is 0 Å². The van der Waals surface area contributed by atoms with Crippen LogP contribution in [0.3, 0.4) is 0 Å². The largest absolute Gasteiger partial charge is 0.385 e. The summed E-state index contributed by atoms with van der Waals surface area (Å²) in [4.78, 5) is 0. The van der Waals surface area contributed by atoms with Crippen LogP contribution < -0.4 is 5.32 Å². The zero-order chi connectivity index (χ0) is 9.94. The average molecular weight is 179 g/mol. The van der Waals surface area contributed by atoms with Gasteiger partial charge in [-0.3, -0.25) is 0 Å². The topological polar surface area (TPSA) is 12.0 Å². The average Bonchev–Trinajstić information content (AvgIpc) is 2.14. The van der Waals surface area contributed by atoms with E-state index in [1.54, 1.807) is 6.08 Å². The summed E-state index contributed by atoms with van der Waals surface area (Å²) in [7, 11) is 0. The molecular weight excluding hydrogens is 158 g/mol. The van der Waals surface area contributed by atoms with Crippen LogP contribution in [0.5, 0.6) is 0 Å². The van der Waals surface area contributed by atoms with Gasteiger partial charge < -0.3 is 5.32 Å². The highest BCUT2D eigenvalue weighted by atomic mass is 14.9. The van der Waals surface area contributed by atoms with E-state index in [-0.39, 0.29) is 0 Å². The molecule has 0 amide bonds.